The first-order chi connectivity index (χ1) is 8.10. The summed E-state index contributed by atoms with van der Waals surface area (Å²) in [4.78, 5) is 10.8. The van der Waals surface area contributed by atoms with Crippen LogP contribution in [0.5, 0.6) is 11.5 Å². The molecule has 1 N–H and O–H groups in total. The molecule has 0 saturated carbocycles. The number of rotatable bonds is 3. The van der Waals surface area contributed by atoms with Crippen molar-refractivity contribution in [2.45, 2.75) is 45.8 Å². The van der Waals surface area contributed by atoms with E-state index in [-0.39, 0.29) is 10.8 Å². The SMILES string of the molecule is Cc1c(C=O)ccc(O[Si](C)(C)C(C)(C)C)c1O. The van der Waals surface area contributed by atoms with Crippen LogP contribution in [0.3, 0.4) is 0 Å². The zero-order chi connectivity index (χ0) is 14.1. The lowest BCUT2D eigenvalue weighted by Gasteiger charge is -2.36. The number of carbonyl (C=O) groups excluding carboxylic acids is 1. The Morgan fingerprint density at radius 1 is 1.28 bits per heavy atom. The number of aldehydes is 1. The van der Waals surface area contributed by atoms with Gasteiger partial charge in [0.05, 0.1) is 0 Å². The van der Waals surface area contributed by atoms with Crippen LogP contribution in [0.4, 0.5) is 0 Å². The lowest BCUT2D eigenvalue weighted by atomic mass is 10.1. The van der Waals surface area contributed by atoms with Gasteiger partial charge in [0.1, 0.15) is 12.0 Å². The summed E-state index contributed by atoms with van der Waals surface area (Å²) in [6.45, 7) is 12.4. The Balaban J connectivity index is 3.14. The molecule has 1 aromatic carbocycles. The first-order valence-electron chi connectivity index (χ1n) is 6.07. The van der Waals surface area contributed by atoms with E-state index in [9.17, 15) is 9.90 Å². The molecule has 0 heterocycles. The standard InChI is InChI=1S/C14H22O3Si/c1-10-11(9-15)7-8-12(13(10)16)17-18(5,6)14(2,3)4/h7-9,16H,1-6H3. The average molecular weight is 266 g/mol. The van der Waals surface area contributed by atoms with Gasteiger partial charge < -0.3 is 9.53 Å². The molecule has 0 bridgehead atoms. The molecule has 0 saturated heterocycles. The number of hydrogen-bond donors (Lipinski definition) is 1. The van der Waals surface area contributed by atoms with Crippen LogP contribution in [0.1, 0.15) is 36.7 Å². The van der Waals surface area contributed by atoms with E-state index in [0.29, 0.717) is 16.9 Å². The van der Waals surface area contributed by atoms with Gasteiger partial charge in [0.2, 0.25) is 0 Å². The van der Waals surface area contributed by atoms with Gasteiger partial charge in [0, 0.05) is 11.1 Å². The van der Waals surface area contributed by atoms with Gasteiger partial charge >= 0.3 is 0 Å². The van der Waals surface area contributed by atoms with Crippen LogP contribution in [-0.2, 0) is 0 Å². The topological polar surface area (TPSA) is 46.5 Å². The Kier molecular flexibility index (Phi) is 3.91. The molecule has 18 heavy (non-hydrogen) atoms. The van der Waals surface area contributed by atoms with E-state index in [1.165, 1.54) is 0 Å². The molecule has 0 spiro atoms. The van der Waals surface area contributed by atoms with E-state index in [0.717, 1.165) is 6.29 Å². The number of carbonyl (C=O) groups is 1. The fraction of sp³-hybridized carbons (Fsp3) is 0.500. The Morgan fingerprint density at radius 3 is 2.28 bits per heavy atom. The second-order valence-corrected chi connectivity index (χ2v) is 10.8. The smallest absolute Gasteiger partial charge is 0.250 e. The predicted octanol–water partition coefficient (Wildman–Crippen LogP) is 3.90. The molecule has 3 nitrogen and oxygen atoms in total. The van der Waals surface area contributed by atoms with Crippen molar-refractivity contribution in [3.8, 4) is 11.5 Å². The van der Waals surface area contributed by atoms with Crippen LogP contribution in [0.15, 0.2) is 12.1 Å². The Bertz CT molecular complexity index is 459. The second kappa shape index (κ2) is 4.76. The van der Waals surface area contributed by atoms with Crippen molar-refractivity contribution in [1.29, 1.82) is 0 Å². The average Bonchev–Trinajstić information content (AvgIpc) is 2.23. The fourth-order valence-electron chi connectivity index (χ4n) is 1.33. The second-order valence-electron chi connectivity index (χ2n) is 6.11. The molecule has 0 aliphatic heterocycles. The zero-order valence-corrected chi connectivity index (χ0v) is 13.0. The Morgan fingerprint density at radius 2 is 1.83 bits per heavy atom. The van der Waals surface area contributed by atoms with Crippen molar-refractivity contribution in [2.24, 2.45) is 0 Å². The van der Waals surface area contributed by atoms with Gasteiger partial charge in [0.15, 0.2) is 5.75 Å². The van der Waals surface area contributed by atoms with Crippen molar-refractivity contribution >= 4 is 14.6 Å². The van der Waals surface area contributed by atoms with Crippen LogP contribution in [0, 0.1) is 6.92 Å². The molecule has 1 rings (SSSR count). The molecule has 0 aliphatic rings. The van der Waals surface area contributed by atoms with Crippen LogP contribution in [-0.4, -0.2) is 19.7 Å². The first kappa shape index (κ1) is 14.8. The number of phenols is 1. The van der Waals surface area contributed by atoms with Crippen molar-refractivity contribution in [3.05, 3.63) is 23.3 Å². The van der Waals surface area contributed by atoms with E-state index < -0.39 is 8.32 Å². The van der Waals surface area contributed by atoms with Gasteiger partial charge in [-0.15, -0.1) is 0 Å². The highest BCUT2D eigenvalue weighted by molar-refractivity contribution is 6.74. The van der Waals surface area contributed by atoms with E-state index >= 15 is 0 Å². The van der Waals surface area contributed by atoms with E-state index in [1.807, 2.05) is 0 Å². The van der Waals surface area contributed by atoms with Gasteiger partial charge in [-0.25, -0.2) is 0 Å². The highest BCUT2D eigenvalue weighted by Gasteiger charge is 2.39. The molecule has 0 aliphatic carbocycles. The van der Waals surface area contributed by atoms with E-state index in [4.69, 9.17) is 4.43 Å². The summed E-state index contributed by atoms with van der Waals surface area (Å²) in [7, 11) is -1.98. The number of hydrogen-bond acceptors (Lipinski definition) is 3. The maximum absolute atomic E-state index is 10.8. The lowest BCUT2D eigenvalue weighted by Crippen LogP contribution is -2.43. The van der Waals surface area contributed by atoms with Crippen molar-refractivity contribution < 1.29 is 14.3 Å². The van der Waals surface area contributed by atoms with Crippen LogP contribution < -0.4 is 4.43 Å². The largest absolute Gasteiger partial charge is 0.541 e. The Hall–Kier alpha value is -1.29. The molecule has 0 fully saturated rings. The van der Waals surface area contributed by atoms with Gasteiger partial charge in [0.25, 0.3) is 8.32 Å². The monoisotopic (exact) mass is 266 g/mol. The number of phenolic OH excluding ortho intramolecular Hbond substituents is 1. The summed E-state index contributed by atoms with van der Waals surface area (Å²) in [5.41, 5.74) is 1.07. The first-order valence-corrected chi connectivity index (χ1v) is 8.98. The third-order valence-electron chi connectivity index (χ3n) is 3.73. The third kappa shape index (κ3) is 2.75. The molecule has 0 aromatic heterocycles. The minimum atomic E-state index is -1.98. The third-order valence-corrected chi connectivity index (χ3v) is 8.08. The van der Waals surface area contributed by atoms with Crippen molar-refractivity contribution in [3.63, 3.8) is 0 Å². The summed E-state index contributed by atoms with van der Waals surface area (Å²) in [6, 6.07) is 3.36. The fourth-order valence-corrected chi connectivity index (χ4v) is 2.35. The minimum Gasteiger partial charge on any atom is -0.541 e. The normalized spacial score (nSPS) is 12.3. The molecule has 0 radical (unpaired) electrons. The maximum atomic E-state index is 10.8. The summed E-state index contributed by atoms with van der Waals surface area (Å²) < 4.78 is 6.05. The molecule has 0 atom stereocenters. The molecule has 4 heteroatoms. The lowest BCUT2D eigenvalue weighted by molar-refractivity contribution is 0.112. The summed E-state index contributed by atoms with van der Waals surface area (Å²) in [5.74, 6) is 0.550. The molecular weight excluding hydrogens is 244 g/mol. The minimum absolute atomic E-state index is 0.0661. The molecule has 100 valence electrons. The summed E-state index contributed by atoms with van der Waals surface area (Å²) >= 11 is 0. The molecule has 0 unspecified atom stereocenters. The van der Waals surface area contributed by atoms with Crippen LogP contribution >= 0.6 is 0 Å². The summed E-state index contributed by atoms with van der Waals surface area (Å²) in [6.07, 6.45) is 0.741. The highest BCUT2D eigenvalue weighted by atomic mass is 28.4. The molecule has 0 amide bonds. The van der Waals surface area contributed by atoms with Gasteiger partial charge in [-0.2, -0.15) is 0 Å². The quantitative estimate of drug-likeness (QED) is 0.666. The van der Waals surface area contributed by atoms with E-state index in [2.05, 4.69) is 33.9 Å². The summed E-state index contributed by atoms with van der Waals surface area (Å²) in [5, 5.41) is 10.1. The molecular formula is C14H22O3Si. The number of aromatic hydroxyl groups is 1. The van der Waals surface area contributed by atoms with Crippen molar-refractivity contribution in [1.82, 2.24) is 0 Å². The van der Waals surface area contributed by atoms with E-state index in [1.54, 1.807) is 19.1 Å². The van der Waals surface area contributed by atoms with Gasteiger partial charge in [-0.3, -0.25) is 4.79 Å². The Labute approximate surface area is 110 Å². The van der Waals surface area contributed by atoms with Gasteiger partial charge in [-0.05, 0) is 37.2 Å². The highest BCUT2D eigenvalue weighted by Crippen LogP contribution is 2.40. The zero-order valence-electron chi connectivity index (χ0n) is 12.0. The van der Waals surface area contributed by atoms with Crippen molar-refractivity contribution in [2.75, 3.05) is 0 Å². The van der Waals surface area contributed by atoms with Crippen LogP contribution in [0.2, 0.25) is 18.1 Å². The maximum Gasteiger partial charge on any atom is 0.250 e. The van der Waals surface area contributed by atoms with Crippen LogP contribution in [0.25, 0.3) is 0 Å². The molecule has 1 aromatic rings. The van der Waals surface area contributed by atoms with Gasteiger partial charge in [-0.1, -0.05) is 20.8 Å². The predicted molar refractivity (Wildman–Crippen MR) is 76.1 cm³/mol. The number of benzene rings is 1.